The van der Waals surface area contributed by atoms with Gasteiger partial charge in [-0.2, -0.15) is 4.98 Å². The predicted octanol–water partition coefficient (Wildman–Crippen LogP) is 1.87. The Morgan fingerprint density at radius 1 is 1.42 bits per heavy atom. The van der Waals surface area contributed by atoms with Crippen molar-refractivity contribution in [3.63, 3.8) is 0 Å². The van der Waals surface area contributed by atoms with E-state index in [1.165, 1.54) is 0 Å². The summed E-state index contributed by atoms with van der Waals surface area (Å²) < 4.78 is 5.37. The number of anilines is 1. The van der Waals surface area contributed by atoms with Gasteiger partial charge in [0.25, 0.3) is 0 Å². The number of ether oxygens (including phenoxy) is 1. The van der Waals surface area contributed by atoms with E-state index in [2.05, 4.69) is 9.97 Å². The number of aryl methyl sites for hydroxylation is 1. The average molecular weight is 267 g/mol. The minimum atomic E-state index is -1.04. The number of rotatable bonds is 6. The van der Waals surface area contributed by atoms with E-state index in [4.69, 9.17) is 4.74 Å². The molecule has 1 aromatic rings. The first-order valence-corrected chi connectivity index (χ1v) is 6.32. The van der Waals surface area contributed by atoms with Crippen LogP contribution < -0.4 is 9.64 Å². The third kappa shape index (κ3) is 3.33. The predicted molar refractivity (Wildman–Crippen MR) is 72.7 cm³/mol. The topological polar surface area (TPSA) is 75.5 Å². The van der Waals surface area contributed by atoms with E-state index in [-0.39, 0.29) is 0 Å². The van der Waals surface area contributed by atoms with Gasteiger partial charge in [-0.25, -0.2) is 9.78 Å². The highest BCUT2D eigenvalue weighted by atomic mass is 16.5. The Hall–Kier alpha value is -1.85. The highest BCUT2D eigenvalue weighted by Gasteiger charge is 2.35. The van der Waals surface area contributed by atoms with Crippen LogP contribution in [0, 0.1) is 6.92 Å². The minimum Gasteiger partial charge on any atom is -0.480 e. The zero-order chi connectivity index (χ0) is 14.6. The second-order valence-electron chi connectivity index (χ2n) is 4.65. The molecule has 0 saturated carbocycles. The molecule has 1 N–H and O–H groups in total. The molecule has 0 aliphatic heterocycles. The number of carboxylic acid groups (broad SMARTS) is 1. The molecule has 1 aromatic heterocycles. The summed E-state index contributed by atoms with van der Waals surface area (Å²) in [7, 11) is 0. The standard InChI is InChI=1S/C13H21N3O3/c1-6-16(13(4,5)12(17)18)10-8-11(19-7-2)15-9(3)14-10/h8H,6-7H2,1-5H3,(H,17,18). The number of hydrogen-bond acceptors (Lipinski definition) is 5. The molecule has 0 aliphatic carbocycles. The van der Waals surface area contributed by atoms with Crippen LogP contribution in [0.25, 0.3) is 0 Å². The van der Waals surface area contributed by atoms with Crippen LogP contribution in [0.2, 0.25) is 0 Å². The maximum Gasteiger partial charge on any atom is 0.328 e. The van der Waals surface area contributed by atoms with Gasteiger partial charge in [-0.15, -0.1) is 0 Å². The number of carbonyl (C=O) groups is 1. The molecule has 6 nitrogen and oxygen atoms in total. The van der Waals surface area contributed by atoms with Crippen molar-refractivity contribution in [3.8, 4) is 5.88 Å². The normalized spacial score (nSPS) is 11.2. The Kier molecular flexibility index (Phi) is 4.69. The van der Waals surface area contributed by atoms with Crippen LogP contribution in [0.3, 0.4) is 0 Å². The monoisotopic (exact) mass is 267 g/mol. The SMILES string of the molecule is CCOc1cc(N(CC)C(C)(C)C(=O)O)nc(C)n1. The number of hydrogen-bond donors (Lipinski definition) is 1. The van der Waals surface area contributed by atoms with Gasteiger partial charge in [0.15, 0.2) is 0 Å². The second kappa shape index (κ2) is 5.86. The molecular formula is C13H21N3O3. The van der Waals surface area contributed by atoms with Crippen LogP contribution in [0.1, 0.15) is 33.5 Å². The van der Waals surface area contributed by atoms with Gasteiger partial charge in [-0.05, 0) is 34.6 Å². The van der Waals surface area contributed by atoms with E-state index in [0.717, 1.165) is 0 Å². The van der Waals surface area contributed by atoms with Crippen molar-refractivity contribution in [1.82, 2.24) is 9.97 Å². The van der Waals surface area contributed by atoms with Crippen LogP contribution in [0.5, 0.6) is 5.88 Å². The Balaban J connectivity index is 3.21. The smallest absolute Gasteiger partial charge is 0.328 e. The summed E-state index contributed by atoms with van der Waals surface area (Å²) in [5.41, 5.74) is -1.04. The third-order valence-corrected chi connectivity index (χ3v) is 2.88. The van der Waals surface area contributed by atoms with Gasteiger partial charge in [0.2, 0.25) is 5.88 Å². The van der Waals surface area contributed by atoms with Crippen molar-refractivity contribution in [2.75, 3.05) is 18.1 Å². The summed E-state index contributed by atoms with van der Waals surface area (Å²) in [5, 5.41) is 9.33. The molecule has 106 valence electrons. The zero-order valence-corrected chi connectivity index (χ0v) is 12.1. The number of carboxylic acids is 1. The second-order valence-corrected chi connectivity index (χ2v) is 4.65. The first-order valence-electron chi connectivity index (χ1n) is 6.32. The quantitative estimate of drug-likeness (QED) is 0.848. The van der Waals surface area contributed by atoms with Crippen LogP contribution in [-0.2, 0) is 4.79 Å². The molecule has 0 spiro atoms. The molecule has 1 heterocycles. The molecule has 1 rings (SSSR count). The van der Waals surface area contributed by atoms with Crippen LogP contribution in [0.4, 0.5) is 5.82 Å². The summed E-state index contributed by atoms with van der Waals surface area (Å²) in [4.78, 5) is 21.6. The molecular weight excluding hydrogens is 246 g/mol. The van der Waals surface area contributed by atoms with E-state index in [9.17, 15) is 9.90 Å². The lowest BCUT2D eigenvalue weighted by atomic mass is 10.0. The fraction of sp³-hybridized carbons (Fsp3) is 0.615. The molecule has 0 bridgehead atoms. The summed E-state index contributed by atoms with van der Waals surface area (Å²) in [6.07, 6.45) is 0. The maximum absolute atomic E-state index is 11.4. The van der Waals surface area contributed by atoms with Crippen molar-refractivity contribution >= 4 is 11.8 Å². The molecule has 0 radical (unpaired) electrons. The number of aliphatic carboxylic acids is 1. The molecule has 0 fully saturated rings. The van der Waals surface area contributed by atoms with Crippen LogP contribution in [0.15, 0.2) is 6.07 Å². The minimum absolute atomic E-state index is 0.463. The molecule has 0 amide bonds. The van der Waals surface area contributed by atoms with Gasteiger partial charge in [0.1, 0.15) is 17.2 Å². The summed E-state index contributed by atoms with van der Waals surface area (Å²) >= 11 is 0. The summed E-state index contributed by atoms with van der Waals surface area (Å²) in [5.74, 6) is 0.680. The van der Waals surface area contributed by atoms with E-state index in [0.29, 0.717) is 30.7 Å². The van der Waals surface area contributed by atoms with Gasteiger partial charge in [-0.1, -0.05) is 0 Å². The Labute approximate surface area is 113 Å². The van der Waals surface area contributed by atoms with E-state index < -0.39 is 11.5 Å². The van der Waals surface area contributed by atoms with Crippen molar-refractivity contribution in [2.45, 2.75) is 40.2 Å². The zero-order valence-electron chi connectivity index (χ0n) is 12.1. The number of aromatic nitrogens is 2. The molecule has 0 aliphatic rings. The van der Waals surface area contributed by atoms with Crippen molar-refractivity contribution in [2.24, 2.45) is 0 Å². The van der Waals surface area contributed by atoms with Crippen LogP contribution >= 0.6 is 0 Å². The Morgan fingerprint density at radius 2 is 2.05 bits per heavy atom. The summed E-state index contributed by atoms with van der Waals surface area (Å²) in [6.45, 7) is 9.85. The van der Waals surface area contributed by atoms with E-state index in [1.54, 1.807) is 31.7 Å². The van der Waals surface area contributed by atoms with Gasteiger partial charge < -0.3 is 14.7 Å². The van der Waals surface area contributed by atoms with Gasteiger partial charge in [-0.3, -0.25) is 0 Å². The van der Waals surface area contributed by atoms with Gasteiger partial charge in [0.05, 0.1) is 6.61 Å². The largest absolute Gasteiger partial charge is 0.480 e. The maximum atomic E-state index is 11.4. The Morgan fingerprint density at radius 3 is 2.53 bits per heavy atom. The Bertz CT molecular complexity index is 460. The number of likely N-dealkylation sites (N-methyl/N-ethyl adjacent to an activating group) is 1. The highest BCUT2D eigenvalue weighted by molar-refractivity contribution is 5.82. The summed E-state index contributed by atoms with van der Waals surface area (Å²) in [6, 6.07) is 1.67. The lowest BCUT2D eigenvalue weighted by molar-refractivity contribution is -0.142. The van der Waals surface area contributed by atoms with Crippen LogP contribution in [-0.4, -0.2) is 39.7 Å². The first kappa shape index (κ1) is 15.2. The highest BCUT2D eigenvalue weighted by Crippen LogP contribution is 2.25. The van der Waals surface area contributed by atoms with Crippen molar-refractivity contribution in [1.29, 1.82) is 0 Å². The third-order valence-electron chi connectivity index (χ3n) is 2.88. The lowest BCUT2D eigenvalue weighted by Crippen LogP contribution is -2.50. The molecule has 0 saturated heterocycles. The van der Waals surface area contributed by atoms with Crippen molar-refractivity contribution < 1.29 is 14.6 Å². The fourth-order valence-corrected chi connectivity index (χ4v) is 1.84. The number of nitrogens with zero attached hydrogens (tertiary/aromatic N) is 3. The first-order chi connectivity index (χ1) is 8.82. The molecule has 6 heteroatoms. The van der Waals surface area contributed by atoms with Crippen molar-refractivity contribution in [3.05, 3.63) is 11.9 Å². The van der Waals surface area contributed by atoms with Gasteiger partial charge >= 0.3 is 5.97 Å². The molecule has 0 atom stereocenters. The van der Waals surface area contributed by atoms with E-state index >= 15 is 0 Å². The average Bonchev–Trinajstić information content (AvgIpc) is 2.28. The molecule has 0 unspecified atom stereocenters. The molecule has 0 aromatic carbocycles. The van der Waals surface area contributed by atoms with E-state index in [1.807, 2.05) is 13.8 Å². The fourth-order valence-electron chi connectivity index (χ4n) is 1.84. The van der Waals surface area contributed by atoms with Gasteiger partial charge in [0, 0.05) is 12.6 Å². The molecule has 19 heavy (non-hydrogen) atoms. The lowest BCUT2D eigenvalue weighted by Gasteiger charge is -2.35.